The number of nitriles is 1. The van der Waals surface area contributed by atoms with E-state index in [1.165, 1.54) is 0 Å². The smallest absolute Gasteiger partial charge is 0.139 e. The van der Waals surface area contributed by atoms with Gasteiger partial charge in [0, 0.05) is 48.8 Å². The van der Waals surface area contributed by atoms with E-state index < -0.39 is 0 Å². The van der Waals surface area contributed by atoms with Crippen LogP contribution in [0.2, 0.25) is 0 Å². The fraction of sp³-hybridized carbons (Fsp3) is 0.300. The first kappa shape index (κ1) is 16.4. The maximum atomic E-state index is 9.36. The van der Waals surface area contributed by atoms with E-state index in [4.69, 9.17) is 15.5 Å². The molecule has 0 spiro atoms. The van der Waals surface area contributed by atoms with E-state index in [0.29, 0.717) is 11.3 Å². The number of methoxy groups -OCH3 is 1. The Labute approximate surface area is 152 Å². The van der Waals surface area contributed by atoms with Gasteiger partial charge in [0.05, 0.1) is 18.4 Å². The summed E-state index contributed by atoms with van der Waals surface area (Å²) in [5.41, 5.74) is 11.4. The second-order valence-electron chi connectivity index (χ2n) is 6.75. The lowest BCUT2D eigenvalue weighted by molar-refractivity contribution is 0.413. The number of imidazole rings is 1. The van der Waals surface area contributed by atoms with Crippen molar-refractivity contribution in [2.45, 2.75) is 19.4 Å². The minimum absolute atomic E-state index is 0.243. The van der Waals surface area contributed by atoms with Gasteiger partial charge in [-0.1, -0.05) is 0 Å². The SMILES string of the molecule is COc1cc(C)c(-c2cn3ccc(N4CCC(N)C4)cc3n2)cc1C#N. The van der Waals surface area contributed by atoms with E-state index in [-0.39, 0.29) is 6.04 Å². The van der Waals surface area contributed by atoms with Crippen molar-refractivity contribution in [1.82, 2.24) is 9.38 Å². The second kappa shape index (κ2) is 6.36. The summed E-state index contributed by atoms with van der Waals surface area (Å²) in [5.74, 6) is 0.588. The molecule has 1 aromatic carbocycles. The van der Waals surface area contributed by atoms with Gasteiger partial charge in [0.2, 0.25) is 0 Å². The molecule has 26 heavy (non-hydrogen) atoms. The van der Waals surface area contributed by atoms with Gasteiger partial charge >= 0.3 is 0 Å². The molecule has 0 aliphatic carbocycles. The highest BCUT2D eigenvalue weighted by Crippen LogP contribution is 2.30. The number of ether oxygens (including phenoxy) is 1. The number of nitrogens with zero attached hydrogens (tertiary/aromatic N) is 4. The van der Waals surface area contributed by atoms with E-state index in [9.17, 15) is 5.26 Å². The number of aromatic nitrogens is 2. The molecule has 2 N–H and O–H groups in total. The number of fused-ring (bicyclic) bond motifs is 1. The largest absolute Gasteiger partial charge is 0.495 e. The number of aryl methyl sites for hydroxylation is 1. The Morgan fingerprint density at radius 1 is 1.35 bits per heavy atom. The summed E-state index contributed by atoms with van der Waals surface area (Å²) in [4.78, 5) is 7.08. The molecule has 0 amide bonds. The molecule has 132 valence electrons. The highest BCUT2D eigenvalue weighted by atomic mass is 16.5. The number of pyridine rings is 1. The number of nitrogens with two attached hydrogens (primary N) is 1. The number of benzene rings is 1. The first-order chi connectivity index (χ1) is 12.6. The highest BCUT2D eigenvalue weighted by molar-refractivity contribution is 5.71. The molecule has 4 rings (SSSR count). The third-order valence-electron chi connectivity index (χ3n) is 4.98. The van der Waals surface area contributed by atoms with Crippen molar-refractivity contribution in [3.8, 4) is 23.1 Å². The maximum absolute atomic E-state index is 9.36. The quantitative estimate of drug-likeness (QED) is 0.788. The van der Waals surface area contributed by atoms with Crippen LogP contribution >= 0.6 is 0 Å². The summed E-state index contributed by atoms with van der Waals surface area (Å²) in [6.07, 6.45) is 5.03. The summed E-state index contributed by atoms with van der Waals surface area (Å²) in [7, 11) is 1.58. The molecule has 1 fully saturated rings. The second-order valence-corrected chi connectivity index (χ2v) is 6.75. The minimum Gasteiger partial charge on any atom is -0.495 e. The van der Waals surface area contributed by atoms with Crippen molar-refractivity contribution in [1.29, 1.82) is 5.26 Å². The van der Waals surface area contributed by atoms with Crippen LogP contribution in [0.4, 0.5) is 5.69 Å². The van der Waals surface area contributed by atoms with Crippen molar-refractivity contribution >= 4 is 11.3 Å². The molecular weight excluding hydrogens is 326 g/mol. The zero-order valence-corrected chi connectivity index (χ0v) is 14.9. The van der Waals surface area contributed by atoms with E-state index in [1.54, 1.807) is 7.11 Å². The van der Waals surface area contributed by atoms with Crippen LogP contribution in [0, 0.1) is 18.3 Å². The van der Waals surface area contributed by atoms with Crippen molar-refractivity contribution in [3.05, 3.63) is 47.8 Å². The lowest BCUT2D eigenvalue weighted by atomic mass is 10.0. The Morgan fingerprint density at radius 3 is 2.88 bits per heavy atom. The van der Waals surface area contributed by atoms with E-state index in [2.05, 4.69) is 23.1 Å². The molecule has 1 unspecified atom stereocenters. The third kappa shape index (κ3) is 2.76. The van der Waals surface area contributed by atoms with Crippen molar-refractivity contribution < 1.29 is 4.74 Å². The standard InChI is InChI=1S/C20H21N5O/c1-13-7-19(26-2)14(10-21)8-17(13)18-12-25-6-4-16(9-20(25)23-18)24-5-3-15(22)11-24/h4,6-9,12,15H,3,5,11,22H2,1-2H3. The fourth-order valence-electron chi connectivity index (χ4n) is 3.53. The van der Waals surface area contributed by atoms with Gasteiger partial charge < -0.3 is 19.8 Å². The molecule has 6 nitrogen and oxygen atoms in total. The fourth-order valence-corrected chi connectivity index (χ4v) is 3.53. The van der Waals surface area contributed by atoms with E-state index in [1.807, 2.05) is 35.9 Å². The Balaban J connectivity index is 1.75. The number of rotatable bonds is 3. The van der Waals surface area contributed by atoms with E-state index >= 15 is 0 Å². The molecule has 2 aromatic heterocycles. The Morgan fingerprint density at radius 2 is 2.19 bits per heavy atom. The minimum atomic E-state index is 0.243. The van der Waals surface area contributed by atoms with Crippen LogP contribution in [0.25, 0.3) is 16.9 Å². The zero-order chi connectivity index (χ0) is 18.3. The summed E-state index contributed by atoms with van der Waals surface area (Å²) < 4.78 is 7.29. The third-order valence-corrected chi connectivity index (χ3v) is 4.98. The molecule has 3 heterocycles. The maximum Gasteiger partial charge on any atom is 0.139 e. The normalized spacial score (nSPS) is 16.8. The van der Waals surface area contributed by atoms with Gasteiger partial charge in [0.25, 0.3) is 0 Å². The Hall–Kier alpha value is -3.04. The van der Waals surface area contributed by atoms with Gasteiger partial charge in [-0.2, -0.15) is 5.26 Å². The molecule has 0 bridgehead atoms. The number of hydrogen-bond donors (Lipinski definition) is 1. The van der Waals surface area contributed by atoms with Crippen LogP contribution in [0.3, 0.4) is 0 Å². The van der Waals surface area contributed by atoms with Crippen LogP contribution in [-0.2, 0) is 0 Å². The average molecular weight is 347 g/mol. The molecular formula is C20H21N5O. The summed E-state index contributed by atoms with van der Waals surface area (Å²) in [6, 6.07) is 10.3. The summed E-state index contributed by atoms with van der Waals surface area (Å²) >= 11 is 0. The predicted octanol–water partition coefficient (Wildman–Crippen LogP) is 2.73. The molecule has 0 radical (unpaired) electrons. The van der Waals surface area contributed by atoms with Gasteiger partial charge in [0.15, 0.2) is 0 Å². The van der Waals surface area contributed by atoms with Crippen LogP contribution in [0.1, 0.15) is 17.5 Å². The monoisotopic (exact) mass is 347 g/mol. The van der Waals surface area contributed by atoms with Crippen molar-refractivity contribution in [2.24, 2.45) is 5.73 Å². The van der Waals surface area contributed by atoms with Gasteiger partial charge in [0.1, 0.15) is 17.5 Å². The summed E-state index contributed by atoms with van der Waals surface area (Å²) in [6.45, 7) is 3.86. The highest BCUT2D eigenvalue weighted by Gasteiger charge is 2.20. The van der Waals surface area contributed by atoms with Crippen LogP contribution in [0.15, 0.2) is 36.7 Å². The first-order valence-electron chi connectivity index (χ1n) is 8.67. The zero-order valence-electron chi connectivity index (χ0n) is 14.9. The van der Waals surface area contributed by atoms with Crippen molar-refractivity contribution in [3.63, 3.8) is 0 Å². The lowest BCUT2D eigenvalue weighted by Gasteiger charge is -2.17. The van der Waals surface area contributed by atoms with Crippen LogP contribution in [-0.4, -0.2) is 35.6 Å². The van der Waals surface area contributed by atoms with Gasteiger partial charge in [-0.25, -0.2) is 4.98 Å². The molecule has 6 heteroatoms. The lowest BCUT2D eigenvalue weighted by Crippen LogP contribution is -2.26. The van der Waals surface area contributed by atoms with Gasteiger partial charge in [-0.05, 0) is 37.1 Å². The summed E-state index contributed by atoms with van der Waals surface area (Å²) in [5, 5.41) is 9.36. The van der Waals surface area contributed by atoms with Gasteiger partial charge in [-0.15, -0.1) is 0 Å². The molecule has 1 aliphatic heterocycles. The van der Waals surface area contributed by atoms with Crippen LogP contribution < -0.4 is 15.4 Å². The number of hydrogen-bond acceptors (Lipinski definition) is 5. The topological polar surface area (TPSA) is 79.6 Å². The molecule has 1 saturated heterocycles. The molecule has 0 saturated carbocycles. The van der Waals surface area contributed by atoms with Crippen LogP contribution in [0.5, 0.6) is 5.75 Å². The van der Waals surface area contributed by atoms with E-state index in [0.717, 1.165) is 47.7 Å². The molecule has 1 atom stereocenters. The number of anilines is 1. The Bertz CT molecular complexity index is 1020. The van der Waals surface area contributed by atoms with Crippen molar-refractivity contribution in [2.75, 3.05) is 25.1 Å². The molecule has 1 aliphatic rings. The first-order valence-corrected chi connectivity index (χ1v) is 8.67. The van der Waals surface area contributed by atoms with Gasteiger partial charge in [-0.3, -0.25) is 0 Å². The average Bonchev–Trinajstić information content (AvgIpc) is 3.26. The Kier molecular flexibility index (Phi) is 4.02. The molecule has 3 aromatic rings. The predicted molar refractivity (Wildman–Crippen MR) is 101 cm³/mol.